The molecule has 0 saturated carbocycles. The Hall–Kier alpha value is -2.65. The molecular weight excluding hydrogens is 416 g/mol. The van der Waals surface area contributed by atoms with E-state index in [1.807, 2.05) is 0 Å². The summed E-state index contributed by atoms with van der Waals surface area (Å²) in [7, 11) is 0. The van der Waals surface area contributed by atoms with Gasteiger partial charge in [-0.2, -0.15) is 13.2 Å². The molecule has 0 unspecified atom stereocenters. The maximum absolute atomic E-state index is 13.0. The predicted molar refractivity (Wildman–Crippen MR) is 88.1 cm³/mol. The molecule has 0 bridgehead atoms. The number of carboxylic acid groups (broad SMARTS) is 2. The number of carboxylic acids is 2. The van der Waals surface area contributed by atoms with Gasteiger partial charge in [0.2, 0.25) is 0 Å². The van der Waals surface area contributed by atoms with Crippen molar-refractivity contribution in [3.05, 3.63) is 51.5 Å². The molecule has 2 N–H and O–H groups in total. The van der Waals surface area contributed by atoms with E-state index < -0.39 is 45.9 Å². The Balaban J connectivity index is 2.38. The molecule has 0 spiro atoms. The predicted octanol–water partition coefficient (Wildman–Crippen LogP) is 4.97. The molecule has 0 atom stereocenters. The van der Waals surface area contributed by atoms with Gasteiger partial charge in [-0.05, 0) is 24.3 Å². The Labute approximate surface area is 159 Å². The van der Waals surface area contributed by atoms with Crippen molar-refractivity contribution in [1.82, 2.24) is 0 Å². The van der Waals surface area contributed by atoms with Crippen LogP contribution in [0.25, 0.3) is 0 Å². The van der Waals surface area contributed by atoms with Gasteiger partial charge in [0.15, 0.2) is 6.61 Å². The summed E-state index contributed by atoms with van der Waals surface area (Å²) in [6, 6.07) is 4.93. The fourth-order valence-corrected chi connectivity index (χ4v) is 2.40. The van der Waals surface area contributed by atoms with Crippen molar-refractivity contribution >= 4 is 35.1 Å². The minimum atomic E-state index is -4.78. The first-order valence-electron chi connectivity index (χ1n) is 6.95. The second-order valence-electron chi connectivity index (χ2n) is 5.01. The van der Waals surface area contributed by atoms with Crippen LogP contribution >= 0.6 is 23.2 Å². The van der Waals surface area contributed by atoms with Crippen LogP contribution in [0.4, 0.5) is 13.2 Å². The van der Waals surface area contributed by atoms with Crippen LogP contribution in [0.3, 0.4) is 0 Å². The van der Waals surface area contributed by atoms with Crippen molar-refractivity contribution in [3.8, 4) is 17.2 Å². The highest BCUT2D eigenvalue weighted by Crippen LogP contribution is 2.41. The summed E-state index contributed by atoms with van der Waals surface area (Å²) < 4.78 is 49.0. The molecule has 6 nitrogen and oxygen atoms in total. The van der Waals surface area contributed by atoms with E-state index in [-0.39, 0.29) is 17.2 Å². The van der Waals surface area contributed by atoms with E-state index in [4.69, 9.17) is 37.8 Å². The summed E-state index contributed by atoms with van der Waals surface area (Å²) in [4.78, 5) is 21.8. The number of halogens is 5. The maximum Gasteiger partial charge on any atom is 0.418 e. The quantitative estimate of drug-likeness (QED) is 0.680. The SMILES string of the molecule is O=C(O)COc1ccc(Oc2cc(Cl)c(Cl)c(C(F)(F)F)c2)cc1C(=O)O. The lowest BCUT2D eigenvalue weighted by Gasteiger charge is -2.14. The fraction of sp³-hybridized carbons (Fsp3) is 0.125. The minimum absolute atomic E-state index is 0.137. The van der Waals surface area contributed by atoms with Gasteiger partial charge in [-0.1, -0.05) is 23.2 Å². The van der Waals surface area contributed by atoms with Crippen LogP contribution in [-0.2, 0) is 11.0 Å². The molecular formula is C16H9Cl2F3O6. The van der Waals surface area contributed by atoms with Gasteiger partial charge in [0, 0.05) is 6.07 Å². The summed E-state index contributed by atoms with van der Waals surface area (Å²) in [6.45, 7) is -0.776. The number of aliphatic carboxylic acids is 1. The Morgan fingerprint density at radius 2 is 1.70 bits per heavy atom. The highest BCUT2D eigenvalue weighted by Gasteiger charge is 2.35. The molecule has 144 valence electrons. The van der Waals surface area contributed by atoms with Crippen LogP contribution in [0.5, 0.6) is 17.2 Å². The van der Waals surface area contributed by atoms with Gasteiger partial charge >= 0.3 is 18.1 Å². The summed E-state index contributed by atoms with van der Waals surface area (Å²) in [6.07, 6.45) is -4.78. The second-order valence-corrected chi connectivity index (χ2v) is 5.80. The van der Waals surface area contributed by atoms with Crippen LogP contribution in [0.15, 0.2) is 30.3 Å². The van der Waals surface area contributed by atoms with Crippen molar-refractivity contribution < 1.29 is 42.4 Å². The van der Waals surface area contributed by atoms with Gasteiger partial charge in [-0.3, -0.25) is 0 Å². The first-order valence-corrected chi connectivity index (χ1v) is 7.70. The maximum atomic E-state index is 13.0. The highest BCUT2D eigenvalue weighted by molar-refractivity contribution is 6.42. The average molecular weight is 425 g/mol. The topological polar surface area (TPSA) is 93.1 Å². The Morgan fingerprint density at radius 3 is 2.26 bits per heavy atom. The molecule has 27 heavy (non-hydrogen) atoms. The molecule has 2 aromatic rings. The molecule has 0 aromatic heterocycles. The summed E-state index contributed by atoms with van der Waals surface area (Å²) in [5.41, 5.74) is -1.66. The summed E-state index contributed by atoms with van der Waals surface area (Å²) >= 11 is 11.2. The number of hydrogen-bond donors (Lipinski definition) is 2. The molecule has 0 heterocycles. The zero-order chi connectivity index (χ0) is 20.4. The fourth-order valence-electron chi connectivity index (χ4n) is 1.97. The lowest BCUT2D eigenvalue weighted by Crippen LogP contribution is -2.12. The largest absolute Gasteiger partial charge is 0.481 e. The number of aromatic carboxylic acids is 1. The molecule has 0 amide bonds. The van der Waals surface area contributed by atoms with E-state index in [0.29, 0.717) is 6.07 Å². The van der Waals surface area contributed by atoms with Crippen molar-refractivity contribution in [2.75, 3.05) is 6.61 Å². The minimum Gasteiger partial charge on any atom is -0.481 e. The Morgan fingerprint density at radius 1 is 1.04 bits per heavy atom. The van der Waals surface area contributed by atoms with Crippen LogP contribution in [-0.4, -0.2) is 28.8 Å². The Kier molecular flexibility index (Phi) is 6.07. The molecule has 2 rings (SSSR count). The van der Waals surface area contributed by atoms with Gasteiger partial charge in [0.1, 0.15) is 22.8 Å². The highest BCUT2D eigenvalue weighted by atomic mass is 35.5. The summed E-state index contributed by atoms with van der Waals surface area (Å²) in [5.74, 6) is -3.48. The molecule has 0 radical (unpaired) electrons. The van der Waals surface area contributed by atoms with Crippen molar-refractivity contribution in [2.24, 2.45) is 0 Å². The third-order valence-corrected chi connectivity index (χ3v) is 3.88. The van der Waals surface area contributed by atoms with Crippen molar-refractivity contribution in [2.45, 2.75) is 6.18 Å². The van der Waals surface area contributed by atoms with E-state index in [9.17, 15) is 27.9 Å². The van der Waals surface area contributed by atoms with Gasteiger partial charge in [-0.25, -0.2) is 9.59 Å². The van der Waals surface area contributed by atoms with Crippen LogP contribution < -0.4 is 9.47 Å². The zero-order valence-corrected chi connectivity index (χ0v) is 14.5. The van der Waals surface area contributed by atoms with Gasteiger partial charge in [0.25, 0.3) is 0 Å². The standard InChI is InChI=1S/C16H9Cl2F3O6/c17-11-5-8(4-10(14(11)18)16(19,20)21)27-7-1-2-12(26-6-13(22)23)9(3-7)15(24)25/h1-5H,6H2,(H,22,23)(H,24,25). The number of carbonyl (C=O) groups is 2. The monoisotopic (exact) mass is 424 g/mol. The van der Waals surface area contributed by atoms with Crippen LogP contribution in [0, 0.1) is 0 Å². The summed E-state index contributed by atoms with van der Waals surface area (Å²) in [5, 5.41) is 16.7. The normalized spacial score (nSPS) is 11.1. The van der Waals surface area contributed by atoms with Gasteiger partial charge < -0.3 is 19.7 Å². The van der Waals surface area contributed by atoms with Crippen LogP contribution in [0.1, 0.15) is 15.9 Å². The lowest BCUT2D eigenvalue weighted by molar-refractivity contribution is -0.139. The van der Waals surface area contributed by atoms with E-state index in [2.05, 4.69) is 0 Å². The van der Waals surface area contributed by atoms with E-state index >= 15 is 0 Å². The van der Waals surface area contributed by atoms with E-state index in [0.717, 1.165) is 18.2 Å². The number of hydrogen-bond acceptors (Lipinski definition) is 4. The molecule has 2 aromatic carbocycles. The number of rotatable bonds is 6. The number of benzene rings is 2. The first-order chi connectivity index (χ1) is 12.5. The van der Waals surface area contributed by atoms with Gasteiger partial charge in [-0.15, -0.1) is 0 Å². The smallest absolute Gasteiger partial charge is 0.418 e. The van der Waals surface area contributed by atoms with Crippen molar-refractivity contribution in [1.29, 1.82) is 0 Å². The molecule has 0 aliphatic heterocycles. The zero-order valence-electron chi connectivity index (χ0n) is 13.0. The molecule has 0 saturated heterocycles. The molecule has 11 heteroatoms. The van der Waals surface area contributed by atoms with Gasteiger partial charge in [0.05, 0.1) is 15.6 Å². The molecule has 0 fully saturated rings. The van der Waals surface area contributed by atoms with E-state index in [1.54, 1.807) is 0 Å². The average Bonchev–Trinajstić information content (AvgIpc) is 2.55. The number of ether oxygens (including phenoxy) is 2. The van der Waals surface area contributed by atoms with Crippen LogP contribution in [0.2, 0.25) is 10.0 Å². The lowest BCUT2D eigenvalue weighted by atomic mass is 10.2. The van der Waals surface area contributed by atoms with E-state index in [1.165, 1.54) is 6.07 Å². The number of alkyl halides is 3. The van der Waals surface area contributed by atoms with Crippen molar-refractivity contribution in [3.63, 3.8) is 0 Å². The molecule has 0 aliphatic carbocycles. The Bertz CT molecular complexity index is 898. The second kappa shape index (κ2) is 7.93. The first kappa shape index (κ1) is 20.7. The third kappa shape index (κ3) is 5.18. The molecule has 0 aliphatic rings. The third-order valence-electron chi connectivity index (χ3n) is 3.08.